The first-order valence-corrected chi connectivity index (χ1v) is 11.6. The van der Waals surface area contributed by atoms with Gasteiger partial charge in [-0.15, -0.1) is 0 Å². The Morgan fingerprint density at radius 1 is 1.00 bits per heavy atom. The number of piperidine rings is 1. The lowest BCUT2D eigenvalue weighted by Gasteiger charge is -2.26. The highest BCUT2D eigenvalue weighted by Gasteiger charge is 2.11. The molecule has 4 rings (SSSR count). The number of Topliss-reactive ketones (excluding diaryl/α,β-unsaturated/α-hetero) is 1. The SMILES string of the molecule is N#Cc1ccc2cnc(N)c(C#Cc3ccc(C(=O)CCCCN4CCCCC4)cc3)c2c1. The van der Waals surface area contributed by atoms with E-state index in [4.69, 9.17) is 5.73 Å². The summed E-state index contributed by atoms with van der Waals surface area (Å²) in [6.07, 6.45) is 8.22. The van der Waals surface area contributed by atoms with Gasteiger partial charge in [0, 0.05) is 34.5 Å². The smallest absolute Gasteiger partial charge is 0.162 e. The molecule has 5 heteroatoms. The molecule has 0 saturated carbocycles. The van der Waals surface area contributed by atoms with Crippen molar-refractivity contribution in [2.75, 3.05) is 25.4 Å². The number of hydrogen-bond acceptors (Lipinski definition) is 5. The van der Waals surface area contributed by atoms with Gasteiger partial charge in [-0.25, -0.2) is 4.98 Å². The highest BCUT2D eigenvalue weighted by molar-refractivity contribution is 5.96. The van der Waals surface area contributed by atoms with Crippen molar-refractivity contribution in [3.63, 3.8) is 0 Å². The minimum absolute atomic E-state index is 0.180. The van der Waals surface area contributed by atoms with Crippen LogP contribution in [0, 0.1) is 23.2 Å². The third-order valence-corrected chi connectivity index (χ3v) is 6.17. The van der Waals surface area contributed by atoms with E-state index in [0.717, 1.165) is 41.3 Å². The van der Waals surface area contributed by atoms with E-state index in [9.17, 15) is 10.1 Å². The van der Waals surface area contributed by atoms with Gasteiger partial charge in [0.05, 0.1) is 17.2 Å². The number of nitrogen functional groups attached to an aromatic ring is 1. The molecule has 0 spiro atoms. The summed E-state index contributed by atoms with van der Waals surface area (Å²) in [5.74, 6) is 6.74. The molecule has 3 aromatic rings. The van der Waals surface area contributed by atoms with Gasteiger partial charge in [-0.05, 0) is 69.6 Å². The summed E-state index contributed by atoms with van der Waals surface area (Å²) >= 11 is 0. The zero-order valence-corrected chi connectivity index (χ0v) is 18.8. The van der Waals surface area contributed by atoms with Crippen LogP contribution in [-0.4, -0.2) is 35.3 Å². The summed E-state index contributed by atoms with van der Waals surface area (Å²) < 4.78 is 0. The molecule has 2 heterocycles. The molecule has 0 amide bonds. The molecule has 0 bridgehead atoms. The van der Waals surface area contributed by atoms with Crippen LogP contribution in [0.1, 0.15) is 65.6 Å². The number of ketones is 1. The van der Waals surface area contributed by atoms with Gasteiger partial charge < -0.3 is 10.6 Å². The second-order valence-electron chi connectivity index (χ2n) is 8.54. The number of aromatic nitrogens is 1. The van der Waals surface area contributed by atoms with Gasteiger partial charge >= 0.3 is 0 Å². The summed E-state index contributed by atoms with van der Waals surface area (Å²) in [5.41, 5.74) is 8.75. The molecular formula is C28H28N4O. The summed E-state index contributed by atoms with van der Waals surface area (Å²) in [5, 5.41) is 10.9. The van der Waals surface area contributed by atoms with Crippen LogP contribution in [-0.2, 0) is 0 Å². The number of carbonyl (C=O) groups excluding carboxylic acids is 1. The predicted octanol–water partition coefficient (Wildman–Crippen LogP) is 4.93. The van der Waals surface area contributed by atoms with Crippen LogP contribution in [0.25, 0.3) is 10.8 Å². The number of carbonyl (C=O) groups is 1. The van der Waals surface area contributed by atoms with Crippen LogP contribution in [0.2, 0.25) is 0 Å². The van der Waals surface area contributed by atoms with Crippen LogP contribution in [0.15, 0.2) is 48.7 Å². The Morgan fingerprint density at radius 3 is 2.52 bits per heavy atom. The summed E-state index contributed by atoms with van der Waals surface area (Å²) in [7, 11) is 0. The lowest BCUT2D eigenvalue weighted by Crippen LogP contribution is -2.30. The highest BCUT2D eigenvalue weighted by atomic mass is 16.1. The van der Waals surface area contributed by atoms with E-state index in [1.807, 2.05) is 30.3 Å². The number of pyridine rings is 1. The van der Waals surface area contributed by atoms with Crippen LogP contribution < -0.4 is 5.73 Å². The van der Waals surface area contributed by atoms with Crippen molar-refractivity contribution in [2.45, 2.75) is 38.5 Å². The fraction of sp³-hybridized carbons (Fsp3) is 0.321. The van der Waals surface area contributed by atoms with Crippen molar-refractivity contribution in [3.8, 4) is 17.9 Å². The topological polar surface area (TPSA) is 83.0 Å². The van der Waals surface area contributed by atoms with E-state index in [1.54, 1.807) is 18.3 Å². The normalized spacial score (nSPS) is 13.8. The Balaban J connectivity index is 1.39. The van der Waals surface area contributed by atoms with Crippen molar-refractivity contribution < 1.29 is 4.79 Å². The first-order chi connectivity index (χ1) is 16.1. The van der Waals surface area contributed by atoms with Gasteiger partial charge in [0.2, 0.25) is 0 Å². The second-order valence-corrected chi connectivity index (χ2v) is 8.54. The fourth-order valence-corrected chi connectivity index (χ4v) is 4.25. The van der Waals surface area contributed by atoms with E-state index >= 15 is 0 Å². The fourth-order valence-electron chi connectivity index (χ4n) is 4.25. The Kier molecular flexibility index (Phi) is 7.35. The maximum Gasteiger partial charge on any atom is 0.162 e. The van der Waals surface area contributed by atoms with E-state index in [-0.39, 0.29) is 5.78 Å². The summed E-state index contributed by atoms with van der Waals surface area (Å²) in [6.45, 7) is 3.51. The van der Waals surface area contributed by atoms with Gasteiger partial charge in [0.25, 0.3) is 0 Å². The van der Waals surface area contributed by atoms with Crippen LogP contribution >= 0.6 is 0 Å². The first kappa shape index (κ1) is 22.5. The Labute approximate surface area is 195 Å². The predicted molar refractivity (Wildman–Crippen MR) is 132 cm³/mol. The molecule has 166 valence electrons. The molecule has 2 aromatic carbocycles. The minimum atomic E-state index is 0.180. The quantitative estimate of drug-likeness (QED) is 0.337. The minimum Gasteiger partial charge on any atom is -0.383 e. The molecule has 0 aliphatic carbocycles. The first-order valence-electron chi connectivity index (χ1n) is 11.6. The zero-order valence-electron chi connectivity index (χ0n) is 18.8. The maximum absolute atomic E-state index is 12.5. The summed E-state index contributed by atoms with van der Waals surface area (Å²) in [6, 6.07) is 14.9. The number of hydrogen-bond donors (Lipinski definition) is 1. The molecule has 1 aromatic heterocycles. The molecule has 1 aliphatic heterocycles. The van der Waals surface area contributed by atoms with Gasteiger partial charge in [-0.2, -0.15) is 5.26 Å². The number of anilines is 1. The lowest BCUT2D eigenvalue weighted by molar-refractivity contribution is 0.0977. The third kappa shape index (κ3) is 5.77. The number of benzene rings is 2. The Bertz CT molecular complexity index is 1240. The molecular weight excluding hydrogens is 408 g/mol. The van der Waals surface area contributed by atoms with E-state index < -0.39 is 0 Å². The van der Waals surface area contributed by atoms with Crippen molar-refractivity contribution in [3.05, 3.63) is 70.9 Å². The van der Waals surface area contributed by atoms with Crippen molar-refractivity contribution >= 4 is 22.4 Å². The number of rotatable bonds is 6. The molecule has 0 radical (unpaired) electrons. The molecule has 1 fully saturated rings. The van der Waals surface area contributed by atoms with Gasteiger partial charge in [0.1, 0.15) is 5.82 Å². The number of fused-ring (bicyclic) bond motifs is 1. The summed E-state index contributed by atoms with van der Waals surface area (Å²) in [4.78, 5) is 19.3. The number of nitrogens with zero attached hydrogens (tertiary/aromatic N) is 3. The zero-order chi connectivity index (χ0) is 23.0. The Morgan fingerprint density at radius 2 is 1.76 bits per heavy atom. The number of nitrogens with two attached hydrogens (primary N) is 1. The standard InChI is InChI=1S/C28H28N4O/c29-19-22-9-13-24-20-31-28(30)25(26(24)18-22)14-10-21-7-11-23(12-8-21)27(33)6-2-5-17-32-15-3-1-4-16-32/h7-9,11-13,18,20H,1-6,15-17H2,(H2,30,31). The lowest BCUT2D eigenvalue weighted by atomic mass is 10.0. The van der Waals surface area contributed by atoms with Gasteiger partial charge in [0.15, 0.2) is 5.78 Å². The van der Waals surface area contributed by atoms with E-state index in [2.05, 4.69) is 27.8 Å². The molecule has 0 unspecified atom stereocenters. The average Bonchev–Trinajstić information content (AvgIpc) is 2.86. The van der Waals surface area contributed by atoms with Gasteiger partial charge in [-0.3, -0.25) is 4.79 Å². The molecule has 1 saturated heterocycles. The number of likely N-dealkylation sites (tertiary alicyclic amines) is 1. The van der Waals surface area contributed by atoms with Crippen molar-refractivity contribution in [1.82, 2.24) is 9.88 Å². The third-order valence-electron chi connectivity index (χ3n) is 6.17. The van der Waals surface area contributed by atoms with E-state index in [0.29, 0.717) is 23.4 Å². The molecule has 1 aliphatic rings. The average molecular weight is 437 g/mol. The van der Waals surface area contributed by atoms with Crippen LogP contribution in [0.4, 0.5) is 5.82 Å². The molecule has 5 nitrogen and oxygen atoms in total. The second kappa shape index (κ2) is 10.8. The molecule has 2 N–H and O–H groups in total. The van der Waals surface area contributed by atoms with Crippen LogP contribution in [0.5, 0.6) is 0 Å². The van der Waals surface area contributed by atoms with Crippen LogP contribution in [0.3, 0.4) is 0 Å². The van der Waals surface area contributed by atoms with Crippen molar-refractivity contribution in [2.24, 2.45) is 0 Å². The molecule has 33 heavy (non-hydrogen) atoms. The maximum atomic E-state index is 12.5. The van der Waals surface area contributed by atoms with Gasteiger partial charge in [-0.1, -0.05) is 36.5 Å². The van der Waals surface area contributed by atoms with E-state index in [1.165, 1.54) is 32.4 Å². The number of nitriles is 1. The highest BCUT2D eigenvalue weighted by Crippen LogP contribution is 2.23. The Hall–Kier alpha value is -3.67. The largest absolute Gasteiger partial charge is 0.383 e. The van der Waals surface area contributed by atoms with Crippen molar-refractivity contribution in [1.29, 1.82) is 5.26 Å². The molecule has 0 atom stereocenters. The number of unbranched alkanes of at least 4 members (excludes halogenated alkanes) is 1. The monoisotopic (exact) mass is 436 g/mol.